The summed E-state index contributed by atoms with van der Waals surface area (Å²) in [5.41, 5.74) is 0.0264. The van der Waals surface area contributed by atoms with Gasteiger partial charge in [-0.15, -0.1) is 0 Å². The van der Waals surface area contributed by atoms with Crippen molar-refractivity contribution in [2.45, 2.75) is 25.8 Å². The Labute approximate surface area is 111 Å². The van der Waals surface area contributed by atoms with Gasteiger partial charge in [-0.05, 0) is 38.1 Å². The summed E-state index contributed by atoms with van der Waals surface area (Å²) in [4.78, 5) is 14.1. The molecule has 1 aliphatic rings. The number of halogens is 2. The standard InChI is InChI=1S/C14H18F2N2O/c1-2-18-5-3-4-13(18)9-17-14(19)10-6-11(15)8-12(16)7-10/h6-8,13H,2-5,9H2,1H3,(H,17,19)/t13-/m0/s1. The third kappa shape index (κ3) is 3.50. The van der Waals surface area contributed by atoms with Gasteiger partial charge in [0.05, 0.1) is 0 Å². The highest BCUT2D eigenvalue weighted by Crippen LogP contribution is 2.16. The van der Waals surface area contributed by atoms with Gasteiger partial charge in [-0.1, -0.05) is 6.92 Å². The summed E-state index contributed by atoms with van der Waals surface area (Å²) in [7, 11) is 0. The molecule has 1 N–H and O–H groups in total. The van der Waals surface area contributed by atoms with E-state index in [4.69, 9.17) is 0 Å². The minimum atomic E-state index is -0.735. The van der Waals surface area contributed by atoms with E-state index >= 15 is 0 Å². The summed E-state index contributed by atoms with van der Waals surface area (Å²) in [6.07, 6.45) is 2.18. The Hall–Kier alpha value is -1.49. The van der Waals surface area contributed by atoms with Crippen LogP contribution in [0.4, 0.5) is 8.78 Å². The summed E-state index contributed by atoms with van der Waals surface area (Å²) in [6, 6.07) is 3.18. The number of likely N-dealkylation sites (N-methyl/N-ethyl adjacent to an activating group) is 1. The lowest BCUT2D eigenvalue weighted by Gasteiger charge is -2.22. The van der Waals surface area contributed by atoms with E-state index in [1.807, 2.05) is 0 Å². The van der Waals surface area contributed by atoms with Crippen molar-refractivity contribution in [1.29, 1.82) is 0 Å². The molecule has 3 nitrogen and oxygen atoms in total. The van der Waals surface area contributed by atoms with Crippen molar-refractivity contribution in [3.05, 3.63) is 35.4 Å². The van der Waals surface area contributed by atoms with Gasteiger partial charge in [-0.25, -0.2) is 8.78 Å². The number of carbonyl (C=O) groups is 1. The number of nitrogens with one attached hydrogen (secondary N) is 1. The van der Waals surface area contributed by atoms with E-state index in [1.165, 1.54) is 0 Å². The molecule has 2 rings (SSSR count). The van der Waals surface area contributed by atoms with E-state index in [0.717, 1.165) is 44.1 Å². The zero-order valence-corrected chi connectivity index (χ0v) is 11.0. The van der Waals surface area contributed by atoms with E-state index in [9.17, 15) is 13.6 Å². The predicted molar refractivity (Wildman–Crippen MR) is 69.0 cm³/mol. The minimum Gasteiger partial charge on any atom is -0.350 e. The van der Waals surface area contributed by atoms with Gasteiger partial charge in [-0.2, -0.15) is 0 Å². The quantitative estimate of drug-likeness (QED) is 0.907. The third-order valence-electron chi connectivity index (χ3n) is 3.53. The number of benzene rings is 1. The van der Waals surface area contributed by atoms with Crippen molar-refractivity contribution < 1.29 is 13.6 Å². The molecule has 19 heavy (non-hydrogen) atoms. The van der Waals surface area contributed by atoms with E-state index < -0.39 is 17.5 Å². The first-order chi connectivity index (χ1) is 9.10. The van der Waals surface area contributed by atoms with Crippen LogP contribution in [0.25, 0.3) is 0 Å². The van der Waals surface area contributed by atoms with Crippen molar-refractivity contribution >= 4 is 5.91 Å². The van der Waals surface area contributed by atoms with Crippen molar-refractivity contribution in [2.75, 3.05) is 19.6 Å². The summed E-state index contributed by atoms with van der Waals surface area (Å²) in [6.45, 7) is 4.60. The Morgan fingerprint density at radius 3 is 2.68 bits per heavy atom. The molecule has 0 saturated carbocycles. The fourth-order valence-corrected chi connectivity index (χ4v) is 2.54. The second-order valence-corrected chi connectivity index (χ2v) is 4.79. The number of hydrogen-bond acceptors (Lipinski definition) is 2. The van der Waals surface area contributed by atoms with Crippen molar-refractivity contribution in [1.82, 2.24) is 10.2 Å². The van der Waals surface area contributed by atoms with Crippen LogP contribution in [-0.4, -0.2) is 36.5 Å². The second kappa shape index (κ2) is 6.10. The Bertz CT molecular complexity index is 445. The van der Waals surface area contributed by atoms with Crippen LogP contribution < -0.4 is 5.32 Å². The number of carbonyl (C=O) groups excluding carboxylic acids is 1. The molecular formula is C14H18F2N2O. The highest BCUT2D eigenvalue weighted by Gasteiger charge is 2.23. The van der Waals surface area contributed by atoms with Gasteiger partial charge in [-0.3, -0.25) is 9.69 Å². The molecule has 1 aromatic carbocycles. The number of likely N-dealkylation sites (tertiary alicyclic amines) is 1. The van der Waals surface area contributed by atoms with Gasteiger partial charge in [0.25, 0.3) is 5.91 Å². The number of nitrogens with zero attached hydrogens (tertiary/aromatic N) is 1. The fraction of sp³-hybridized carbons (Fsp3) is 0.500. The molecule has 5 heteroatoms. The first-order valence-electron chi connectivity index (χ1n) is 6.58. The van der Waals surface area contributed by atoms with Crippen LogP contribution in [0, 0.1) is 11.6 Å². The zero-order chi connectivity index (χ0) is 13.8. The molecule has 1 saturated heterocycles. The summed E-state index contributed by atoms with van der Waals surface area (Å²) in [5.74, 6) is -1.90. The Morgan fingerprint density at radius 1 is 1.37 bits per heavy atom. The fourth-order valence-electron chi connectivity index (χ4n) is 2.54. The summed E-state index contributed by atoms with van der Waals surface area (Å²) >= 11 is 0. The van der Waals surface area contributed by atoms with Crippen LogP contribution in [0.5, 0.6) is 0 Å². The predicted octanol–water partition coefficient (Wildman–Crippen LogP) is 2.18. The highest BCUT2D eigenvalue weighted by atomic mass is 19.1. The average Bonchev–Trinajstić information content (AvgIpc) is 2.82. The topological polar surface area (TPSA) is 32.3 Å². The van der Waals surface area contributed by atoms with E-state index in [1.54, 1.807) is 0 Å². The van der Waals surface area contributed by atoms with Gasteiger partial charge in [0.1, 0.15) is 11.6 Å². The summed E-state index contributed by atoms with van der Waals surface area (Å²) < 4.78 is 26.0. The Kier molecular flexibility index (Phi) is 4.47. The van der Waals surface area contributed by atoms with Crippen molar-refractivity contribution in [3.63, 3.8) is 0 Å². The van der Waals surface area contributed by atoms with Gasteiger partial charge in [0.2, 0.25) is 0 Å². The molecule has 0 bridgehead atoms. The number of rotatable bonds is 4. The Morgan fingerprint density at radius 2 is 2.05 bits per heavy atom. The Balaban J connectivity index is 1.94. The highest BCUT2D eigenvalue weighted by molar-refractivity contribution is 5.94. The van der Waals surface area contributed by atoms with Crippen LogP contribution in [0.3, 0.4) is 0 Å². The lowest BCUT2D eigenvalue weighted by molar-refractivity contribution is 0.0940. The van der Waals surface area contributed by atoms with Gasteiger partial charge < -0.3 is 5.32 Å². The van der Waals surface area contributed by atoms with Crippen LogP contribution in [0.15, 0.2) is 18.2 Å². The number of amides is 1. The van der Waals surface area contributed by atoms with Crippen molar-refractivity contribution in [3.8, 4) is 0 Å². The SMILES string of the molecule is CCN1CCC[C@H]1CNC(=O)c1cc(F)cc(F)c1. The molecule has 1 atom stereocenters. The third-order valence-corrected chi connectivity index (χ3v) is 3.53. The van der Waals surface area contributed by atoms with E-state index in [0.29, 0.717) is 12.6 Å². The largest absolute Gasteiger partial charge is 0.350 e. The lowest BCUT2D eigenvalue weighted by Crippen LogP contribution is -2.40. The van der Waals surface area contributed by atoms with E-state index in [2.05, 4.69) is 17.1 Å². The molecular weight excluding hydrogens is 250 g/mol. The molecule has 1 heterocycles. The minimum absolute atomic E-state index is 0.0264. The first kappa shape index (κ1) is 13.9. The molecule has 104 valence electrons. The average molecular weight is 268 g/mol. The molecule has 0 aromatic heterocycles. The monoisotopic (exact) mass is 268 g/mol. The molecule has 1 fully saturated rings. The first-order valence-corrected chi connectivity index (χ1v) is 6.58. The van der Waals surface area contributed by atoms with Gasteiger partial charge >= 0.3 is 0 Å². The molecule has 1 amide bonds. The van der Waals surface area contributed by atoms with E-state index in [-0.39, 0.29) is 5.56 Å². The maximum Gasteiger partial charge on any atom is 0.251 e. The molecule has 0 unspecified atom stereocenters. The van der Waals surface area contributed by atoms with Crippen molar-refractivity contribution in [2.24, 2.45) is 0 Å². The molecule has 0 radical (unpaired) electrons. The molecule has 0 spiro atoms. The van der Waals surface area contributed by atoms with Crippen LogP contribution in [0.1, 0.15) is 30.1 Å². The van der Waals surface area contributed by atoms with Gasteiger partial charge in [0, 0.05) is 24.2 Å². The molecule has 0 aliphatic carbocycles. The van der Waals surface area contributed by atoms with Gasteiger partial charge in [0.15, 0.2) is 0 Å². The lowest BCUT2D eigenvalue weighted by atomic mass is 10.1. The molecule has 1 aliphatic heterocycles. The van der Waals surface area contributed by atoms with Crippen LogP contribution in [-0.2, 0) is 0 Å². The molecule has 1 aromatic rings. The zero-order valence-electron chi connectivity index (χ0n) is 11.0. The van der Waals surface area contributed by atoms with Crippen LogP contribution in [0.2, 0.25) is 0 Å². The maximum absolute atomic E-state index is 13.0. The van der Waals surface area contributed by atoms with Crippen LogP contribution >= 0.6 is 0 Å². The maximum atomic E-state index is 13.0. The normalized spacial score (nSPS) is 19.6. The number of hydrogen-bond donors (Lipinski definition) is 1. The smallest absolute Gasteiger partial charge is 0.251 e. The summed E-state index contributed by atoms with van der Waals surface area (Å²) in [5, 5.41) is 2.75. The second-order valence-electron chi connectivity index (χ2n) is 4.79.